The third-order valence-corrected chi connectivity index (χ3v) is 4.61. The number of amides is 1. The van der Waals surface area contributed by atoms with E-state index in [2.05, 4.69) is 10.3 Å². The highest BCUT2D eigenvalue weighted by Crippen LogP contribution is 2.21. The summed E-state index contributed by atoms with van der Waals surface area (Å²) in [6.45, 7) is 1.06. The fourth-order valence-corrected chi connectivity index (χ4v) is 3.11. The zero-order valence-corrected chi connectivity index (χ0v) is 16.7. The summed E-state index contributed by atoms with van der Waals surface area (Å²) < 4.78 is 24.2. The first-order valence-electron chi connectivity index (χ1n) is 9.05. The van der Waals surface area contributed by atoms with Gasteiger partial charge in [0.2, 0.25) is 0 Å². The monoisotopic (exact) mass is 412 g/mol. The molecule has 1 heterocycles. The maximum absolute atomic E-state index is 13.4. The van der Waals surface area contributed by atoms with Crippen molar-refractivity contribution in [2.75, 3.05) is 25.6 Å². The predicted molar refractivity (Wildman–Crippen MR) is 114 cm³/mol. The van der Waals surface area contributed by atoms with Gasteiger partial charge in [-0.2, -0.15) is 0 Å². The highest BCUT2D eigenvalue weighted by atomic mass is 32.1. The van der Waals surface area contributed by atoms with Gasteiger partial charge in [0.1, 0.15) is 11.6 Å². The van der Waals surface area contributed by atoms with Crippen LogP contribution in [-0.4, -0.2) is 31.2 Å². The van der Waals surface area contributed by atoms with Crippen LogP contribution in [0.3, 0.4) is 0 Å². The summed E-state index contributed by atoms with van der Waals surface area (Å²) in [5, 5.41) is 5.09. The quantitative estimate of drug-likeness (QED) is 0.391. The molecule has 0 bridgehead atoms. The topological polar surface area (TPSA) is 60.5 Å². The van der Waals surface area contributed by atoms with Crippen molar-refractivity contribution in [2.24, 2.45) is 0 Å². The fraction of sp³-hybridized carbons (Fsp3) is 0.182. The van der Waals surface area contributed by atoms with Crippen LogP contribution in [0.1, 0.15) is 27.9 Å². The third-order valence-electron chi connectivity index (χ3n) is 3.92. The van der Waals surface area contributed by atoms with E-state index in [1.54, 1.807) is 49.0 Å². The minimum absolute atomic E-state index is 0.275. The minimum Gasteiger partial charge on any atom is -0.493 e. The number of benzene rings is 2. The van der Waals surface area contributed by atoms with E-state index in [-0.39, 0.29) is 11.7 Å². The van der Waals surface area contributed by atoms with Gasteiger partial charge in [0.15, 0.2) is 5.13 Å². The second-order valence-electron chi connectivity index (χ2n) is 6.17. The van der Waals surface area contributed by atoms with E-state index in [9.17, 15) is 9.18 Å². The van der Waals surface area contributed by atoms with E-state index >= 15 is 0 Å². The minimum atomic E-state index is -0.300. The number of hydrogen-bond acceptors (Lipinski definition) is 5. The predicted octanol–water partition coefficient (Wildman–Crippen LogP) is 5.12. The molecule has 0 saturated heterocycles. The van der Waals surface area contributed by atoms with Gasteiger partial charge in [0.05, 0.1) is 6.61 Å². The molecule has 29 heavy (non-hydrogen) atoms. The Hall–Kier alpha value is -3.03. The van der Waals surface area contributed by atoms with Crippen LogP contribution in [0.5, 0.6) is 5.75 Å². The first kappa shape index (κ1) is 20.7. The molecule has 0 fully saturated rings. The van der Waals surface area contributed by atoms with Crippen LogP contribution in [0.4, 0.5) is 9.52 Å². The Morgan fingerprint density at radius 2 is 2.03 bits per heavy atom. The zero-order valence-electron chi connectivity index (χ0n) is 15.9. The van der Waals surface area contributed by atoms with Crippen LogP contribution >= 0.6 is 11.3 Å². The highest BCUT2D eigenvalue weighted by molar-refractivity contribution is 7.13. The molecule has 3 aromatic rings. The molecule has 0 aliphatic rings. The van der Waals surface area contributed by atoms with Crippen molar-refractivity contribution in [1.29, 1.82) is 0 Å². The molecular weight excluding hydrogens is 391 g/mol. The first-order valence-corrected chi connectivity index (χ1v) is 9.93. The summed E-state index contributed by atoms with van der Waals surface area (Å²) in [6.07, 6.45) is 5.97. The molecule has 7 heteroatoms. The Bertz CT molecular complexity index is 974. The molecule has 0 atom stereocenters. The SMILES string of the molecule is COCCCOc1cc(/C=C/c2cccc(F)c2)cc(C(=O)Nc2nccs2)c1. The second-order valence-corrected chi connectivity index (χ2v) is 7.06. The van der Waals surface area contributed by atoms with Crippen LogP contribution in [-0.2, 0) is 4.74 Å². The number of thiazole rings is 1. The number of methoxy groups -OCH3 is 1. The Kier molecular flexibility index (Phi) is 7.49. The number of carbonyl (C=O) groups is 1. The van der Waals surface area contributed by atoms with E-state index in [4.69, 9.17) is 9.47 Å². The number of carbonyl (C=O) groups excluding carboxylic acids is 1. The molecule has 5 nitrogen and oxygen atoms in total. The molecule has 1 amide bonds. The van der Waals surface area contributed by atoms with E-state index in [0.29, 0.717) is 29.7 Å². The summed E-state index contributed by atoms with van der Waals surface area (Å²) in [6, 6.07) is 11.6. The van der Waals surface area contributed by atoms with Gasteiger partial charge in [-0.3, -0.25) is 10.1 Å². The molecule has 1 aromatic heterocycles. The van der Waals surface area contributed by atoms with Crippen LogP contribution < -0.4 is 10.1 Å². The number of anilines is 1. The fourth-order valence-electron chi connectivity index (χ4n) is 2.58. The van der Waals surface area contributed by atoms with Crippen molar-refractivity contribution in [1.82, 2.24) is 4.98 Å². The highest BCUT2D eigenvalue weighted by Gasteiger charge is 2.11. The molecular formula is C22H21FN2O3S. The molecule has 0 saturated carbocycles. The second kappa shape index (κ2) is 10.5. The van der Waals surface area contributed by atoms with Crippen molar-refractivity contribution in [2.45, 2.75) is 6.42 Å². The van der Waals surface area contributed by atoms with Gasteiger partial charge in [-0.15, -0.1) is 11.3 Å². The molecule has 0 aliphatic heterocycles. The molecule has 0 spiro atoms. The number of ether oxygens (including phenoxy) is 2. The zero-order chi connectivity index (χ0) is 20.5. The lowest BCUT2D eigenvalue weighted by molar-refractivity contribution is 0.102. The van der Waals surface area contributed by atoms with Gasteiger partial charge in [0, 0.05) is 37.3 Å². The van der Waals surface area contributed by atoms with Crippen molar-refractivity contribution in [3.05, 3.63) is 76.5 Å². The number of rotatable bonds is 9. The summed E-state index contributed by atoms with van der Waals surface area (Å²) in [5.74, 6) is 0.000345. The van der Waals surface area contributed by atoms with Crippen LogP contribution in [0, 0.1) is 5.82 Å². The Balaban J connectivity index is 1.82. The smallest absolute Gasteiger partial charge is 0.257 e. The Morgan fingerprint density at radius 3 is 2.79 bits per heavy atom. The van der Waals surface area contributed by atoms with Gasteiger partial charge in [-0.05, 0) is 41.5 Å². The maximum atomic E-state index is 13.4. The van der Waals surface area contributed by atoms with E-state index in [0.717, 1.165) is 17.5 Å². The van der Waals surface area contributed by atoms with Crippen molar-refractivity contribution >= 4 is 34.5 Å². The van der Waals surface area contributed by atoms with Gasteiger partial charge < -0.3 is 9.47 Å². The number of halogens is 1. The lowest BCUT2D eigenvalue weighted by atomic mass is 10.1. The average Bonchev–Trinajstić information content (AvgIpc) is 3.23. The Morgan fingerprint density at radius 1 is 1.17 bits per heavy atom. The third kappa shape index (κ3) is 6.51. The summed E-state index contributed by atoms with van der Waals surface area (Å²) in [5.41, 5.74) is 1.94. The van der Waals surface area contributed by atoms with E-state index in [1.165, 1.54) is 23.5 Å². The summed E-state index contributed by atoms with van der Waals surface area (Å²) >= 11 is 1.34. The number of aromatic nitrogens is 1. The van der Waals surface area contributed by atoms with Crippen LogP contribution in [0.15, 0.2) is 54.0 Å². The molecule has 0 radical (unpaired) electrons. The largest absolute Gasteiger partial charge is 0.493 e. The first-order chi connectivity index (χ1) is 14.1. The van der Waals surface area contributed by atoms with Gasteiger partial charge in [-0.1, -0.05) is 24.3 Å². The standard InChI is InChI=1S/C22H21FN2O3S/c1-27-9-3-10-28-20-14-17(7-6-16-4-2-5-19(23)13-16)12-18(15-20)21(26)25-22-24-8-11-29-22/h2,4-8,11-15H,3,9-10H2,1H3,(H,24,25,26)/b7-6+. The number of nitrogens with one attached hydrogen (secondary N) is 1. The lowest BCUT2D eigenvalue weighted by Crippen LogP contribution is -2.12. The molecule has 1 N–H and O–H groups in total. The molecule has 150 valence electrons. The Labute approximate surface area is 172 Å². The lowest BCUT2D eigenvalue weighted by Gasteiger charge is -2.10. The van der Waals surface area contributed by atoms with Crippen LogP contribution in [0.2, 0.25) is 0 Å². The maximum Gasteiger partial charge on any atom is 0.257 e. The molecule has 0 unspecified atom stereocenters. The average molecular weight is 412 g/mol. The van der Waals surface area contributed by atoms with E-state index < -0.39 is 0 Å². The normalized spacial score (nSPS) is 11.0. The van der Waals surface area contributed by atoms with Crippen molar-refractivity contribution in [3.63, 3.8) is 0 Å². The number of nitrogens with zero attached hydrogens (tertiary/aromatic N) is 1. The number of hydrogen-bond donors (Lipinski definition) is 1. The molecule has 2 aromatic carbocycles. The van der Waals surface area contributed by atoms with Gasteiger partial charge >= 0.3 is 0 Å². The summed E-state index contributed by atoms with van der Waals surface area (Å²) in [7, 11) is 1.64. The molecule has 3 rings (SSSR count). The van der Waals surface area contributed by atoms with Crippen LogP contribution in [0.25, 0.3) is 12.2 Å². The van der Waals surface area contributed by atoms with Gasteiger partial charge in [0.25, 0.3) is 5.91 Å². The summed E-state index contributed by atoms with van der Waals surface area (Å²) in [4.78, 5) is 16.7. The molecule has 0 aliphatic carbocycles. The van der Waals surface area contributed by atoms with Crippen molar-refractivity contribution < 1.29 is 18.7 Å². The van der Waals surface area contributed by atoms with E-state index in [1.807, 2.05) is 12.1 Å². The van der Waals surface area contributed by atoms with Gasteiger partial charge in [-0.25, -0.2) is 9.37 Å². The van der Waals surface area contributed by atoms with Crippen molar-refractivity contribution in [3.8, 4) is 5.75 Å².